The summed E-state index contributed by atoms with van der Waals surface area (Å²) in [4.78, 5) is 22.0. The summed E-state index contributed by atoms with van der Waals surface area (Å²) in [6.45, 7) is 4.00. The number of carboxylic acids is 1. The second-order valence-corrected chi connectivity index (χ2v) is 9.52. The number of hydrogen-bond donors (Lipinski definition) is 1. The van der Waals surface area contributed by atoms with Gasteiger partial charge in [0.05, 0.1) is 29.4 Å². The molecule has 1 aliphatic heterocycles. The lowest BCUT2D eigenvalue weighted by Gasteiger charge is -2.36. The Morgan fingerprint density at radius 1 is 1.03 bits per heavy atom. The number of carboxylic acid groups (broad SMARTS) is 1. The molecule has 1 unspecified atom stereocenters. The van der Waals surface area contributed by atoms with Gasteiger partial charge in [-0.3, -0.25) is 19.4 Å². The normalized spacial score (nSPS) is 14.8. The Kier molecular flexibility index (Phi) is 6.27. The Bertz CT molecular complexity index is 1540. The monoisotopic (exact) mass is 506 g/mol. The summed E-state index contributed by atoms with van der Waals surface area (Å²) >= 11 is 0. The zero-order chi connectivity index (χ0) is 26.1. The minimum absolute atomic E-state index is 0.0137. The summed E-state index contributed by atoms with van der Waals surface area (Å²) in [5.41, 5.74) is 5.67. The summed E-state index contributed by atoms with van der Waals surface area (Å²) in [6.07, 6.45) is 5.28. The van der Waals surface area contributed by atoms with Crippen molar-refractivity contribution < 1.29 is 14.4 Å². The van der Waals surface area contributed by atoms with Crippen LogP contribution in [0.5, 0.6) is 0 Å². The Morgan fingerprint density at radius 2 is 1.76 bits per heavy atom. The van der Waals surface area contributed by atoms with Crippen molar-refractivity contribution in [3.05, 3.63) is 96.4 Å². The molecule has 1 aliphatic rings. The predicted octanol–water partition coefficient (Wildman–Crippen LogP) is 4.79. The van der Waals surface area contributed by atoms with Gasteiger partial charge in [-0.1, -0.05) is 59.8 Å². The summed E-state index contributed by atoms with van der Waals surface area (Å²) < 4.78 is 7.70. The number of carbonyl (C=O) groups is 1. The van der Waals surface area contributed by atoms with Crippen molar-refractivity contribution in [1.29, 1.82) is 0 Å². The molecule has 4 heterocycles. The van der Waals surface area contributed by atoms with Crippen LogP contribution in [0, 0.1) is 5.92 Å². The van der Waals surface area contributed by atoms with E-state index in [-0.39, 0.29) is 12.0 Å². The van der Waals surface area contributed by atoms with Crippen LogP contribution in [0.3, 0.4) is 0 Å². The lowest BCUT2D eigenvalue weighted by atomic mass is 9.99. The van der Waals surface area contributed by atoms with Gasteiger partial charge in [-0.25, -0.2) is 0 Å². The molecule has 1 atom stereocenters. The van der Waals surface area contributed by atoms with Crippen LogP contribution in [0.25, 0.3) is 34.1 Å². The first kappa shape index (κ1) is 23.7. The van der Waals surface area contributed by atoms with Crippen molar-refractivity contribution in [1.82, 2.24) is 29.8 Å². The molecule has 0 amide bonds. The molecule has 0 bridgehead atoms. The molecule has 1 N–H and O–H groups in total. The smallest absolute Gasteiger partial charge is 0.309 e. The lowest BCUT2D eigenvalue weighted by molar-refractivity contribution is -0.147. The molecular formula is C29H26N6O3. The predicted molar refractivity (Wildman–Crippen MR) is 141 cm³/mol. The van der Waals surface area contributed by atoms with Crippen molar-refractivity contribution in [2.75, 3.05) is 13.1 Å². The van der Waals surface area contributed by atoms with Crippen LogP contribution < -0.4 is 0 Å². The van der Waals surface area contributed by atoms with Crippen LogP contribution in [0.1, 0.15) is 24.1 Å². The summed E-state index contributed by atoms with van der Waals surface area (Å²) in [7, 11) is 0. The number of benzene rings is 2. The zero-order valence-electron chi connectivity index (χ0n) is 20.8. The molecule has 0 aliphatic carbocycles. The van der Waals surface area contributed by atoms with Gasteiger partial charge in [-0.15, -0.1) is 0 Å². The highest BCUT2D eigenvalue weighted by molar-refractivity contribution is 5.77. The average molecular weight is 507 g/mol. The number of pyridine rings is 1. The lowest BCUT2D eigenvalue weighted by Crippen LogP contribution is -2.49. The fraction of sp³-hybridized carbons (Fsp3) is 0.207. The zero-order valence-corrected chi connectivity index (χ0v) is 20.8. The maximum Gasteiger partial charge on any atom is 0.309 e. The van der Waals surface area contributed by atoms with Gasteiger partial charge >= 0.3 is 5.97 Å². The Morgan fingerprint density at radius 3 is 2.47 bits per heavy atom. The summed E-state index contributed by atoms with van der Waals surface area (Å²) in [5.74, 6) is -0.102. The van der Waals surface area contributed by atoms with Crippen LogP contribution in [-0.2, 0) is 11.3 Å². The van der Waals surface area contributed by atoms with Gasteiger partial charge in [0.1, 0.15) is 0 Å². The molecule has 9 heteroatoms. The second kappa shape index (κ2) is 10.0. The number of likely N-dealkylation sites (tertiary alicyclic amines) is 1. The molecule has 0 saturated carbocycles. The van der Waals surface area contributed by atoms with Crippen molar-refractivity contribution in [3.8, 4) is 34.1 Å². The van der Waals surface area contributed by atoms with E-state index in [1.165, 1.54) is 0 Å². The van der Waals surface area contributed by atoms with Crippen LogP contribution in [0.4, 0.5) is 0 Å². The van der Waals surface area contributed by atoms with Crippen molar-refractivity contribution in [3.63, 3.8) is 0 Å². The summed E-state index contributed by atoms with van der Waals surface area (Å²) in [6, 6.07) is 22.0. The van der Waals surface area contributed by atoms with E-state index in [4.69, 9.17) is 19.7 Å². The maximum atomic E-state index is 11.0. The third kappa shape index (κ3) is 4.59. The van der Waals surface area contributed by atoms with Crippen LogP contribution in [-0.4, -0.2) is 54.0 Å². The Hall–Kier alpha value is -4.63. The van der Waals surface area contributed by atoms with Gasteiger partial charge in [0.2, 0.25) is 5.82 Å². The summed E-state index contributed by atoms with van der Waals surface area (Å²) in [5, 5.41) is 18.0. The Balaban J connectivity index is 1.27. The highest BCUT2D eigenvalue weighted by Crippen LogP contribution is 2.35. The molecular weight excluding hydrogens is 480 g/mol. The van der Waals surface area contributed by atoms with Crippen molar-refractivity contribution in [2.24, 2.45) is 5.92 Å². The van der Waals surface area contributed by atoms with Gasteiger partial charge in [0.25, 0.3) is 5.89 Å². The van der Waals surface area contributed by atoms with Gasteiger partial charge in [0.15, 0.2) is 0 Å². The molecule has 0 radical (unpaired) electrons. The van der Waals surface area contributed by atoms with E-state index >= 15 is 0 Å². The number of nitrogens with zero attached hydrogens (tertiary/aromatic N) is 6. The van der Waals surface area contributed by atoms with E-state index in [0.717, 1.165) is 40.1 Å². The second-order valence-electron chi connectivity index (χ2n) is 9.52. The van der Waals surface area contributed by atoms with Crippen molar-refractivity contribution in [2.45, 2.75) is 19.5 Å². The highest BCUT2D eigenvalue weighted by atomic mass is 16.5. The van der Waals surface area contributed by atoms with Gasteiger partial charge in [-0.05, 0) is 30.2 Å². The molecule has 38 heavy (non-hydrogen) atoms. The first-order valence-corrected chi connectivity index (χ1v) is 12.5. The molecule has 1 fully saturated rings. The number of hydrogen-bond acceptors (Lipinski definition) is 7. The highest BCUT2D eigenvalue weighted by Gasteiger charge is 2.32. The van der Waals surface area contributed by atoms with E-state index in [1.54, 1.807) is 18.6 Å². The van der Waals surface area contributed by atoms with Gasteiger partial charge in [-0.2, -0.15) is 10.1 Å². The number of rotatable bonds is 8. The van der Waals surface area contributed by atoms with Crippen LogP contribution >= 0.6 is 0 Å². The molecule has 0 spiro atoms. The first-order valence-electron chi connectivity index (χ1n) is 12.5. The van der Waals surface area contributed by atoms with E-state index in [0.29, 0.717) is 24.8 Å². The average Bonchev–Trinajstić information content (AvgIpc) is 3.59. The first-order chi connectivity index (χ1) is 18.6. The molecule has 2 aromatic carbocycles. The molecule has 1 saturated heterocycles. The van der Waals surface area contributed by atoms with E-state index in [1.807, 2.05) is 59.3 Å². The van der Waals surface area contributed by atoms with E-state index in [9.17, 15) is 4.79 Å². The number of aromatic nitrogens is 5. The van der Waals surface area contributed by atoms with Gasteiger partial charge < -0.3 is 9.63 Å². The maximum absolute atomic E-state index is 11.0. The SMILES string of the molecule is CC(c1ccccc1)n1ncc(-c2nc(-c3ccc(CN4CC(C(=O)O)C4)cc3)no2)c1-c1ccncc1. The Labute approximate surface area is 219 Å². The van der Waals surface area contributed by atoms with E-state index < -0.39 is 5.97 Å². The van der Waals surface area contributed by atoms with Crippen molar-refractivity contribution >= 4 is 5.97 Å². The molecule has 3 aromatic heterocycles. The molecule has 190 valence electrons. The minimum Gasteiger partial charge on any atom is -0.481 e. The quantitative estimate of drug-likeness (QED) is 0.320. The number of aliphatic carboxylic acids is 1. The minimum atomic E-state index is -0.725. The third-order valence-corrected chi connectivity index (χ3v) is 6.98. The standard InChI is InChI=1S/C29H26N6O3/c1-19(21-5-3-2-4-6-21)35-26(22-11-13-30-14-12-22)25(15-31-35)28-32-27(33-38-28)23-9-7-20(8-10-23)16-34-17-24(18-34)29(36)37/h2-15,19,24H,16-18H2,1H3,(H,36,37). The molecule has 9 nitrogen and oxygen atoms in total. The van der Waals surface area contributed by atoms with Gasteiger partial charge in [0, 0.05) is 43.2 Å². The van der Waals surface area contributed by atoms with Crippen LogP contribution in [0.2, 0.25) is 0 Å². The fourth-order valence-corrected chi connectivity index (χ4v) is 4.81. The van der Waals surface area contributed by atoms with E-state index in [2.05, 4.69) is 34.1 Å². The molecule has 6 rings (SSSR count). The fourth-order valence-electron chi connectivity index (χ4n) is 4.81. The van der Waals surface area contributed by atoms with Crippen LogP contribution in [0.15, 0.2) is 89.8 Å². The third-order valence-electron chi connectivity index (χ3n) is 6.98. The molecule has 5 aromatic rings. The topological polar surface area (TPSA) is 110 Å². The largest absolute Gasteiger partial charge is 0.481 e.